The molecule has 0 unspecified atom stereocenters. The molecule has 0 aromatic rings. The van der Waals surface area contributed by atoms with E-state index >= 15 is 0 Å². The molecule has 17 heavy (non-hydrogen) atoms. The number of carbonyl (C=O) groups is 1. The Morgan fingerprint density at radius 2 is 2.00 bits per heavy atom. The molecule has 1 fully saturated rings. The summed E-state index contributed by atoms with van der Waals surface area (Å²) in [6, 6.07) is -0.908. The zero-order chi connectivity index (χ0) is 13.3. The lowest BCUT2D eigenvalue weighted by molar-refractivity contribution is 0.0496. The van der Waals surface area contributed by atoms with Gasteiger partial charge in [-0.1, -0.05) is 0 Å². The molecular weight excluding hydrogens is 244 g/mol. The van der Waals surface area contributed by atoms with Gasteiger partial charge in [0, 0.05) is 12.1 Å². The second-order valence-corrected chi connectivity index (χ2v) is 7.55. The highest BCUT2D eigenvalue weighted by molar-refractivity contribution is 7.91. The number of hydrogen-bond donors (Lipinski definition) is 2. The van der Waals surface area contributed by atoms with E-state index in [4.69, 9.17) is 10.5 Å². The molecule has 0 aliphatic carbocycles. The van der Waals surface area contributed by atoms with Gasteiger partial charge in [0.2, 0.25) is 0 Å². The molecule has 1 saturated heterocycles. The standard InChI is InChI=1S/C10H20N2O4S/c1-10(2,3)16-9(13)12-8-4-5-17(14,15)6-7(8)11/h7-8H,4-6,11H2,1-3H3,(H,12,13)/t7-,8+/m1/s1. The number of hydrogen-bond acceptors (Lipinski definition) is 5. The van der Waals surface area contributed by atoms with Crippen molar-refractivity contribution < 1.29 is 17.9 Å². The van der Waals surface area contributed by atoms with Crippen molar-refractivity contribution in [3.8, 4) is 0 Å². The molecule has 1 heterocycles. The monoisotopic (exact) mass is 264 g/mol. The molecule has 0 bridgehead atoms. The molecular formula is C10H20N2O4S. The summed E-state index contributed by atoms with van der Waals surface area (Å²) in [4.78, 5) is 11.5. The number of rotatable bonds is 1. The van der Waals surface area contributed by atoms with E-state index in [0.29, 0.717) is 6.42 Å². The highest BCUT2D eigenvalue weighted by Gasteiger charge is 2.32. The Bertz CT molecular complexity index is 386. The number of amides is 1. The van der Waals surface area contributed by atoms with Gasteiger partial charge in [0.25, 0.3) is 0 Å². The predicted octanol–water partition coefficient (Wildman–Crippen LogP) is 0.0255. The molecule has 1 aliphatic heterocycles. The lowest BCUT2D eigenvalue weighted by atomic mass is 10.1. The third-order valence-electron chi connectivity index (χ3n) is 2.41. The Balaban J connectivity index is 2.51. The Morgan fingerprint density at radius 3 is 2.47 bits per heavy atom. The molecule has 7 heteroatoms. The van der Waals surface area contributed by atoms with Crippen LogP contribution >= 0.6 is 0 Å². The predicted molar refractivity (Wildman–Crippen MR) is 64.4 cm³/mol. The van der Waals surface area contributed by atoms with Crippen molar-refractivity contribution in [3.63, 3.8) is 0 Å². The van der Waals surface area contributed by atoms with Gasteiger partial charge in [-0.25, -0.2) is 13.2 Å². The summed E-state index contributed by atoms with van der Waals surface area (Å²) in [5.74, 6) is -0.0331. The second-order valence-electron chi connectivity index (χ2n) is 5.32. The molecule has 1 amide bonds. The molecule has 100 valence electrons. The molecule has 0 aromatic carbocycles. The molecule has 0 radical (unpaired) electrons. The maximum atomic E-state index is 11.5. The summed E-state index contributed by atoms with van der Waals surface area (Å²) in [5.41, 5.74) is 5.14. The highest BCUT2D eigenvalue weighted by Crippen LogP contribution is 2.13. The first kappa shape index (κ1) is 14.2. The van der Waals surface area contributed by atoms with E-state index in [2.05, 4.69) is 5.32 Å². The number of nitrogens with two attached hydrogens (primary N) is 1. The molecule has 3 N–H and O–H groups in total. The van der Waals surface area contributed by atoms with Gasteiger partial charge in [-0.15, -0.1) is 0 Å². The van der Waals surface area contributed by atoms with Crippen molar-refractivity contribution in [2.75, 3.05) is 11.5 Å². The van der Waals surface area contributed by atoms with Crippen LogP contribution in [-0.4, -0.2) is 43.7 Å². The topological polar surface area (TPSA) is 98.5 Å². The van der Waals surface area contributed by atoms with Crippen LogP contribution < -0.4 is 11.1 Å². The zero-order valence-corrected chi connectivity index (χ0v) is 11.2. The van der Waals surface area contributed by atoms with E-state index in [1.807, 2.05) is 0 Å². The quantitative estimate of drug-likeness (QED) is 0.696. The summed E-state index contributed by atoms with van der Waals surface area (Å²) < 4.78 is 27.7. The van der Waals surface area contributed by atoms with E-state index in [1.54, 1.807) is 20.8 Å². The van der Waals surface area contributed by atoms with Crippen LogP contribution in [-0.2, 0) is 14.6 Å². The van der Waals surface area contributed by atoms with Crippen LogP contribution in [0.25, 0.3) is 0 Å². The average molecular weight is 264 g/mol. The highest BCUT2D eigenvalue weighted by atomic mass is 32.2. The van der Waals surface area contributed by atoms with E-state index in [-0.39, 0.29) is 17.5 Å². The normalized spacial score (nSPS) is 28.5. The third-order valence-corrected chi connectivity index (χ3v) is 4.16. The molecule has 0 aromatic heterocycles. The van der Waals surface area contributed by atoms with Crippen molar-refractivity contribution in [1.82, 2.24) is 5.32 Å². The molecule has 2 atom stereocenters. The zero-order valence-electron chi connectivity index (χ0n) is 10.4. The minimum atomic E-state index is -3.05. The Kier molecular flexibility index (Phi) is 4.03. The first-order chi connectivity index (χ1) is 7.59. The van der Waals surface area contributed by atoms with Gasteiger partial charge in [0.15, 0.2) is 9.84 Å². The van der Waals surface area contributed by atoms with Gasteiger partial charge in [0.1, 0.15) is 5.60 Å². The van der Waals surface area contributed by atoms with Crippen LogP contribution in [0.4, 0.5) is 4.79 Å². The summed E-state index contributed by atoms with van der Waals surface area (Å²) >= 11 is 0. The summed E-state index contributed by atoms with van der Waals surface area (Å²) in [6.45, 7) is 5.29. The van der Waals surface area contributed by atoms with E-state index in [9.17, 15) is 13.2 Å². The Hall–Kier alpha value is -0.820. The molecule has 0 saturated carbocycles. The number of alkyl carbamates (subject to hydrolysis) is 1. The Morgan fingerprint density at radius 1 is 1.41 bits per heavy atom. The third kappa shape index (κ3) is 4.91. The molecule has 0 spiro atoms. The van der Waals surface area contributed by atoms with E-state index < -0.39 is 27.6 Å². The first-order valence-electron chi connectivity index (χ1n) is 5.54. The van der Waals surface area contributed by atoms with Crippen molar-refractivity contribution in [2.24, 2.45) is 5.73 Å². The number of sulfone groups is 1. The van der Waals surface area contributed by atoms with Crippen LogP contribution in [0.5, 0.6) is 0 Å². The summed E-state index contributed by atoms with van der Waals surface area (Å²) in [5, 5.41) is 2.61. The lowest BCUT2D eigenvalue weighted by Gasteiger charge is -2.30. The fourth-order valence-corrected chi connectivity index (χ4v) is 3.25. The fourth-order valence-electron chi connectivity index (χ4n) is 1.65. The van der Waals surface area contributed by atoms with Crippen LogP contribution in [0.1, 0.15) is 27.2 Å². The van der Waals surface area contributed by atoms with Crippen LogP contribution in [0.3, 0.4) is 0 Å². The fraction of sp³-hybridized carbons (Fsp3) is 0.900. The second kappa shape index (κ2) is 4.81. The van der Waals surface area contributed by atoms with Crippen molar-refractivity contribution in [1.29, 1.82) is 0 Å². The van der Waals surface area contributed by atoms with Crippen LogP contribution in [0.2, 0.25) is 0 Å². The molecule has 6 nitrogen and oxygen atoms in total. The van der Waals surface area contributed by atoms with E-state index in [1.165, 1.54) is 0 Å². The van der Waals surface area contributed by atoms with Gasteiger partial charge < -0.3 is 15.8 Å². The largest absolute Gasteiger partial charge is 0.444 e. The lowest BCUT2D eigenvalue weighted by Crippen LogP contribution is -2.55. The molecule has 1 rings (SSSR count). The van der Waals surface area contributed by atoms with Gasteiger partial charge in [-0.05, 0) is 27.2 Å². The molecule has 1 aliphatic rings. The van der Waals surface area contributed by atoms with Gasteiger partial charge in [-0.3, -0.25) is 0 Å². The minimum absolute atomic E-state index is 0.0567. The maximum Gasteiger partial charge on any atom is 0.407 e. The van der Waals surface area contributed by atoms with E-state index in [0.717, 1.165) is 0 Å². The Labute approximate surface area is 102 Å². The SMILES string of the molecule is CC(C)(C)OC(=O)N[C@H]1CCS(=O)(=O)C[C@H]1N. The number of carbonyl (C=O) groups excluding carboxylic acids is 1. The average Bonchev–Trinajstić information content (AvgIpc) is 2.06. The smallest absolute Gasteiger partial charge is 0.407 e. The van der Waals surface area contributed by atoms with Crippen molar-refractivity contribution in [3.05, 3.63) is 0 Å². The van der Waals surface area contributed by atoms with Crippen molar-refractivity contribution in [2.45, 2.75) is 44.9 Å². The first-order valence-corrected chi connectivity index (χ1v) is 7.37. The summed E-state index contributed by atoms with van der Waals surface area (Å²) in [7, 11) is -3.05. The maximum absolute atomic E-state index is 11.5. The summed E-state index contributed by atoms with van der Waals surface area (Å²) in [6.07, 6.45) is -0.222. The van der Waals surface area contributed by atoms with Crippen molar-refractivity contribution >= 4 is 15.9 Å². The minimum Gasteiger partial charge on any atom is -0.444 e. The van der Waals surface area contributed by atoms with Gasteiger partial charge in [-0.2, -0.15) is 0 Å². The number of nitrogens with one attached hydrogen (secondary N) is 1. The van der Waals surface area contributed by atoms with Crippen LogP contribution in [0, 0.1) is 0 Å². The van der Waals surface area contributed by atoms with Gasteiger partial charge in [0.05, 0.1) is 11.5 Å². The van der Waals surface area contributed by atoms with Crippen LogP contribution in [0.15, 0.2) is 0 Å². The number of ether oxygens (including phenoxy) is 1. The van der Waals surface area contributed by atoms with Gasteiger partial charge >= 0.3 is 6.09 Å².